The van der Waals surface area contributed by atoms with Crippen LogP contribution in [0.3, 0.4) is 0 Å². The van der Waals surface area contributed by atoms with E-state index >= 15 is 0 Å². The molecule has 0 aliphatic rings. The zero-order chi connectivity index (χ0) is 12.3. The van der Waals surface area contributed by atoms with Crippen molar-refractivity contribution in [2.24, 2.45) is 0 Å². The second-order valence-corrected chi connectivity index (χ2v) is 4.47. The van der Waals surface area contributed by atoms with Gasteiger partial charge in [-0.15, -0.1) is 0 Å². The van der Waals surface area contributed by atoms with Gasteiger partial charge in [0.2, 0.25) is 0 Å². The molecule has 2 rings (SSSR count). The van der Waals surface area contributed by atoms with Crippen molar-refractivity contribution in [1.82, 2.24) is 0 Å². The third kappa shape index (κ3) is 3.29. The molecule has 0 saturated carbocycles. The van der Waals surface area contributed by atoms with Gasteiger partial charge in [-0.1, -0.05) is 35.3 Å². The van der Waals surface area contributed by atoms with Crippen molar-refractivity contribution in [3.05, 3.63) is 58.1 Å². The van der Waals surface area contributed by atoms with Crippen molar-refractivity contribution in [1.29, 1.82) is 0 Å². The van der Waals surface area contributed by atoms with Gasteiger partial charge in [0.1, 0.15) is 12.4 Å². The summed E-state index contributed by atoms with van der Waals surface area (Å²) in [5.41, 5.74) is 7.37. The number of halogens is 2. The number of hydrogen-bond donors (Lipinski definition) is 1. The fourth-order valence-corrected chi connectivity index (χ4v) is 1.66. The minimum Gasteiger partial charge on any atom is -0.487 e. The minimum atomic E-state index is 0.432. The lowest BCUT2D eigenvalue weighted by molar-refractivity contribution is 0.308. The SMILES string of the molecule is Nc1ccc(Cl)cc1OCc1ccc(Cl)cc1. The van der Waals surface area contributed by atoms with Crippen LogP contribution in [0, 0.1) is 0 Å². The summed E-state index contributed by atoms with van der Waals surface area (Å²) >= 11 is 11.7. The van der Waals surface area contributed by atoms with Crippen LogP contribution in [0.15, 0.2) is 42.5 Å². The van der Waals surface area contributed by atoms with E-state index in [2.05, 4.69) is 0 Å². The Morgan fingerprint density at radius 2 is 1.59 bits per heavy atom. The maximum atomic E-state index is 5.87. The van der Waals surface area contributed by atoms with E-state index < -0.39 is 0 Å². The largest absolute Gasteiger partial charge is 0.487 e. The first-order valence-electron chi connectivity index (χ1n) is 5.07. The molecule has 88 valence electrons. The van der Waals surface area contributed by atoms with Crippen LogP contribution in [0.1, 0.15) is 5.56 Å². The van der Waals surface area contributed by atoms with E-state index in [9.17, 15) is 0 Å². The molecule has 2 nitrogen and oxygen atoms in total. The van der Waals surface area contributed by atoms with Crippen molar-refractivity contribution < 1.29 is 4.74 Å². The summed E-state index contributed by atoms with van der Waals surface area (Å²) < 4.78 is 5.59. The molecule has 2 N–H and O–H groups in total. The first-order chi connectivity index (χ1) is 8.15. The van der Waals surface area contributed by atoms with Gasteiger partial charge in [0.05, 0.1) is 5.69 Å². The van der Waals surface area contributed by atoms with E-state index in [1.54, 1.807) is 18.2 Å². The van der Waals surface area contributed by atoms with Gasteiger partial charge in [-0.2, -0.15) is 0 Å². The van der Waals surface area contributed by atoms with Crippen LogP contribution >= 0.6 is 23.2 Å². The molecule has 4 heteroatoms. The first kappa shape index (κ1) is 12.1. The summed E-state index contributed by atoms with van der Waals surface area (Å²) in [6.45, 7) is 0.432. The fraction of sp³-hybridized carbons (Fsp3) is 0.0769. The van der Waals surface area contributed by atoms with E-state index in [0.29, 0.717) is 28.1 Å². The molecule has 0 heterocycles. The molecule has 0 aliphatic heterocycles. The van der Waals surface area contributed by atoms with E-state index in [1.165, 1.54) is 0 Å². The van der Waals surface area contributed by atoms with E-state index in [-0.39, 0.29) is 0 Å². The van der Waals surface area contributed by atoms with Crippen molar-refractivity contribution in [2.75, 3.05) is 5.73 Å². The molecule has 0 radical (unpaired) electrons. The second-order valence-electron chi connectivity index (χ2n) is 3.60. The Bertz CT molecular complexity index is 511. The molecule has 0 aliphatic carbocycles. The maximum Gasteiger partial charge on any atom is 0.144 e. The molecule has 2 aromatic rings. The number of nitrogens with two attached hydrogens (primary N) is 1. The number of benzene rings is 2. The predicted octanol–water partition coefficient (Wildman–Crippen LogP) is 4.15. The van der Waals surface area contributed by atoms with Crippen LogP contribution in [0.4, 0.5) is 5.69 Å². The smallest absolute Gasteiger partial charge is 0.144 e. The molecule has 17 heavy (non-hydrogen) atoms. The van der Waals surface area contributed by atoms with Crippen LogP contribution < -0.4 is 10.5 Å². The number of nitrogen functional groups attached to an aromatic ring is 1. The van der Waals surface area contributed by atoms with Crippen LogP contribution in [0.2, 0.25) is 10.0 Å². The standard InChI is InChI=1S/C13H11Cl2NO/c14-10-3-1-9(2-4-10)8-17-13-7-11(15)5-6-12(13)16/h1-7H,8,16H2. The molecular weight excluding hydrogens is 257 g/mol. The molecular formula is C13H11Cl2NO. The van der Waals surface area contributed by atoms with Crippen molar-refractivity contribution in [2.45, 2.75) is 6.61 Å². The molecule has 0 bridgehead atoms. The van der Waals surface area contributed by atoms with Crippen LogP contribution in [0.5, 0.6) is 5.75 Å². The monoisotopic (exact) mass is 267 g/mol. The van der Waals surface area contributed by atoms with Crippen molar-refractivity contribution in [3.63, 3.8) is 0 Å². The summed E-state index contributed by atoms with van der Waals surface area (Å²) in [7, 11) is 0. The van der Waals surface area contributed by atoms with Gasteiger partial charge < -0.3 is 10.5 Å². The predicted molar refractivity (Wildman–Crippen MR) is 71.6 cm³/mol. The Balaban J connectivity index is 2.07. The topological polar surface area (TPSA) is 35.2 Å². The molecule has 0 unspecified atom stereocenters. The highest BCUT2D eigenvalue weighted by Gasteiger charge is 2.02. The fourth-order valence-electron chi connectivity index (χ4n) is 1.37. The summed E-state index contributed by atoms with van der Waals surface area (Å²) in [5.74, 6) is 0.590. The number of rotatable bonds is 3. The number of anilines is 1. The zero-order valence-electron chi connectivity index (χ0n) is 8.99. The van der Waals surface area contributed by atoms with Crippen LogP contribution in [0.25, 0.3) is 0 Å². The molecule has 0 saturated heterocycles. The lowest BCUT2D eigenvalue weighted by Crippen LogP contribution is -1.98. The van der Waals surface area contributed by atoms with Crippen LogP contribution in [-0.4, -0.2) is 0 Å². The summed E-state index contributed by atoms with van der Waals surface area (Å²) in [6, 6.07) is 12.6. The van der Waals surface area contributed by atoms with Gasteiger partial charge in [0.25, 0.3) is 0 Å². The third-order valence-electron chi connectivity index (χ3n) is 2.28. The Kier molecular flexibility index (Phi) is 3.77. The highest BCUT2D eigenvalue weighted by Crippen LogP contribution is 2.26. The van der Waals surface area contributed by atoms with E-state index in [0.717, 1.165) is 5.56 Å². The Hall–Kier alpha value is -1.38. The molecule has 0 spiro atoms. The molecule has 0 aromatic heterocycles. The van der Waals surface area contributed by atoms with Gasteiger partial charge >= 0.3 is 0 Å². The first-order valence-corrected chi connectivity index (χ1v) is 5.83. The average Bonchev–Trinajstić information content (AvgIpc) is 2.32. The Morgan fingerprint density at radius 3 is 2.29 bits per heavy atom. The van der Waals surface area contributed by atoms with Crippen molar-refractivity contribution >= 4 is 28.9 Å². The third-order valence-corrected chi connectivity index (χ3v) is 2.77. The van der Waals surface area contributed by atoms with Gasteiger partial charge in [-0.05, 0) is 29.8 Å². The lowest BCUT2D eigenvalue weighted by Gasteiger charge is -2.09. The summed E-state index contributed by atoms with van der Waals surface area (Å²) in [4.78, 5) is 0. The quantitative estimate of drug-likeness (QED) is 0.848. The highest BCUT2D eigenvalue weighted by atomic mass is 35.5. The van der Waals surface area contributed by atoms with E-state index in [1.807, 2.05) is 24.3 Å². The highest BCUT2D eigenvalue weighted by molar-refractivity contribution is 6.31. The number of hydrogen-bond acceptors (Lipinski definition) is 2. The Labute approximate surface area is 110 Å². The van der Waals surface area contributed by atoms with Gasteiger partial charge in [-0.3, -0.25) is 0 Å². The van der Waals surface area contributed by atoms with Gasteiger partial charge in [0.15, 0.2) is 0 Å². The zero-order valence-corrected chi connectivity index (χ0v) is 10.5. The number of ether oxygens (including phenoxy) is 1. The summed E-state index contributed by atoms with van der Waals surface area (Å²) in [6.07, 6.45) is 0. The molecule has 2 aromatic carbocycles. The van der Waals surface area contributed by atoms with Crippen LogP contribution in [-0.2, 0) is 6.61 Å². The Morgan fingerprint density at radius 1 is 0.941 bits per heavy atom. The van der Waals surface area contributed by atoms with Gasteiger partial charge in [0, 0.05) is 16.1 Å². The van der Waals surface area contributed by atoms with Crippen molar-refractivity contribution in [3.8, 4) is 5.75 Å². The summed E-state index contributed by atoms with van der Waals surface area (Å²) in [5, 5.41) is 1.31. The lowest BCUT2D eigenvalue weighted by atomic mass is 10.2. The van der Waals surface area contributed by atoms with E-state index in [4.69, 9.17) is 33.7 Å². The molecule has 0 atom stereocenters. The minimum absolute atomic E-state index is 0.432. The van der Waals surface area contributed by atoms with Gasteiger partial charge in [-0.25, -0.2) is 0 Å². The normalized spacial score (nSPS) is 10.2. The molecule has 0 fully saturated rings. The maximum absolute atomic E-state index is 5.87. The average molecular weight is 268 g/mol. The second kappa shape index (κ2) is 5.30. The molecule has 0 amide bonds.